The lowest BCUT2D eigenvalue weighted by Crippen LogP contribution is -2.24. The molecule has 0 saturated carbocycles. The average molecular weight is 276 g/mol. The van der Waals surface area contributed by atoms with Gasteiger partial charge in [0.2, 0.25) is 0 Å². The van der Waals surface area contributed by atoms with Crippen molar-refractivity contribution in [2.24, 2.45) is 5.73 Å². The molecule has 1 aromatic heterocycles. The second-order valence-electron chi connectivity index (χ2n) is 4.44. The van der Waals surface area contributed by atoms with Crippen molar-refractivity contribution in [3.8, 4) is 11.3 Å². The predicted molar refractivity (Wildman–Crippen MR) is 80.3 cm³/mol. The maximum absolute atomic E-state index is 6.08. The smallest absolute Gasteiger partial charge is 0.0948 e. The van der Waals surface area contributed by atoms with Crippen LogP contribution >= 0.6 is 11.3 Å². The molecular formula is C15H20N2OS. The summed E-state index contributed by atoms with van der Waals surface area (Å²) in [5, 5.41) is 3.20. The Labute approximate surface area is 118 Å². The highest BCUT2D eigenvalue weighted by molar-refractivity contribution is 7.09. The van der Waals surface area contributed by atoms with Gasteiger partial charge in [-0.25, -0.2) is 4.98 Å². The first kappa shape index (κ1) is 14.2. The number of thiazole rings is 1. The Kier molecular flexibility index (Phi) is 5.51. The molecule has 0 amide bonds. The summed E-state index contributed by atoms with van der Waals surface area (Å²) in [5.74, 6) is 0. The first-order chi connectivity index (χ1) is 9.29. The number of nitrogens with two attached hydrogens (primary N) is 1. The van der Waals surface area contributed by atoms with E-state index in [1.807, 2.05) is 25.1 Å². The quantitative estimate of drug-likeness (QED) is 0.790. The molecular weight excluding hydrogens is 256 g/mol. The molecule has 2 rings (SSSR count). The SMILES string of the molecule is CCOCCC(N)Cc1nc(-c2ccccc2)cs1. The van der Waals surface area contributed by atoms with Gasteiger partial charge in [0, 0.05) is 36.6 Å². The van der Waals surface area contributed by atoms with E-state index < -0.39 is 0 Å². The second-order valence-corrected chi connectivity index (χ2v) is 5.38. The van der Waals surface area contributed by atoms with Crippen LogP contribution in [0.15, 0.2) is 35.7 Å². The van der Waals surface area contributed by atoms with E-state index in [0.717, 1.165) is 42.3 Å². The third kappa shape index (κ3) is 4.42. The highest BCUT2D eigenvalue weighted by Gasteiger charge is 2.09. The van der Waals surface area contributed by atoms with Crippen molar-refractivity contribution < 1.29 is 4.74 Å². The number of hydrogen-bond acceptors (Lipinski definition) is 4. The number of rotatable bonds is 7. The van der Waals surface area contributed by atoms with E-state index in [-0.39, 0.29) is 6.04 Å². The van der Waals surface area contributed by atoms with E-state index in [1.165, 1.54) is 0 Å². The van der Waals surface area contributed by atoms with Crippen molar-refractivity contribution in [2.75, 3.05) is 13.2 Å². The fourth-order valence-electron chi connectivity index (χ4n) is 1.85. The summed E-state index contributed by atoms with van der Waals surface area (Å²) >= 11 is 1.68. The van der Waals surface area contributed by atoms with Gasteiger partial charge in [0.25, 0.3) is 0 Å². The summed E-state index contributed by atoms with van der Waals surface area (Å²) in [6.45, 7) is 3.48. The van der Waals surface area contributed by atoms with E-state index in [0.29, 0.717) is 0 Å². The summed E-state index contributed by atoms with van der Waals surface area (Å²) < 4.78 is 5.32. The summed E-state index contributed by atoms with van der Waals surface area (Å²) in [4.78, 5) is 4.65. The predicted octanol–water partition coefficient (Wildman–Crippen LogP) is 3.11. The van der Waals surface area contributed by atoms with Gasteiger partial charge in [0.05, 0.1) is 10.7 Å². The van der Waals surface area contributed by atoms with Crippen molar-refractivity contribution in [1.29, 1.82) is 0 Å². The van der Waals surface area contributed by atoms with Crippen LogP contribution in [0.2, 0.25) is 0 Å². The molecule has 0 fully saturated rings. The van der Waals surface area contributed by atoms with Crippen LogP contribution in [0, 0.1) is 0 Å². The third-order valence-corrected chi connectivity index (χ3v) is 3.77. The third-order valence-electron chi connectivity index (χ3n) is 2.90. The Morgan fingerprint density at radius 1 is 1.32 bits per heavy atom. The lowest BCUT2D eigenvalue weighted by molar-refractivity contribution is 0.140. The monoisotopic (exact) mass is 276 g/mol. The van der Waals surface area contributed by atoms with Crippen LogP contribution in [0.1, 0.15) is 18.4 Å². The molecule has 1 atom stereocenters. The fraction of sp³-hybridized carbons (Fsp3) is 0.400. The molecule has 4 heteroatoms. The Hall–Kier alpha value is -1.23. The minimum atomic E-state index is 0.126. The van der Waals surface area contributed by atoms with Gasteiger partial charge in [0.1, 0.15) is 0 Å². The molecule has 1 heterocycles. The van der Waals surface area contributed by atoms with Crippen LogP contribution in [-0.4, -0.2) is 24.2 Å². The largest absolute Gasteiger partial charge is 0.382 e. The van der Waals surface area contributed by atoms with Crippen molar-refractivity contribution in [3.63, 3.8) is 0 Å². The van der Waals surface area contributed by atoms with E-state index in [2.05, 4.69) is 22.5 Å². The highest BCUT2D eigenvalue weighted by Crippen LogP contribution is 2.22. The molecule has 0 bridgehead atoms. The normalized spacial score (nSPS) is 12.5. The van der Waals surface area contributed by atoms with Crippen LogP contribution in [0.25, 0.3) is 11.3 Å². The average Bonchev–Trinajstić information content (AvgIpc) is 2.88. The van der Waals surface area contributed by atoms with Gasteiger partial charge in [-0.1, -0.05) is 30.3 Å². The van der Waals surface area contributed by atoms with Crippen molar-refractivity contribution in [2.45, 2.75) is 25.8 Å². The Morgan fingerprint density at radius 3 is 2.84 bits per heavy atom. The lowest BCUT2D eigenvalue weighted by Gasteiger charge is -2.09. The molecule has 0 saturated heterocycles. The molecule has 0 aliphatic heterocycles. The van der Waals surface area contributed by atoms with Crippen LogP contribution in [0.4, 0.5) is 0 Å². The summed E-state index contributed by atoms with van der Waals surface area (Å²) in [5.41, 5.74) is 8.28. The maximum atomic E-state index is 6.08. The van der Waals surface area contributed by atoms with Crippen molar-refractivity contribution >= 4 is 11.3 Å². The zero-order chi connectivity index (χ0) is 13.5. The van der Waals surface area contributed by atoms with Crippen LogP contribution in [0.5, 0.6) is 0 Å². The first-order valence-electron chi connectivity index (χ1n) is 6.62. The minimum absolute atomic E-state index is 0.126. The van der Waals surface area contributed by atoms with Gasteiger partial charge < -0.3 is 10.5 Å². The zero-order valence-corrected chi connectivity index (χ0v) is 12.0. The van der Waals surface area contributed by atoms with Gasteiger partial charge in [-0.05, 0) is 13.3 Å². The Morgan fingerprint density at radius 2 is 2.11 bits per heavy atom. The second kappa shape index (κ2) is 7.38. The number of benzene rings is 1. The Balaban J connectivity index is 1.91. The standard InChI is InChI=1S/C15H20N2OS/c1-2-18-9-8-13(16)10-15-17-14(11-19-15)12-6-4-3-5-7-12/h3-7,11,13H,2,8-10,16H2,1H3. The van der Waals surface area contributed by atoms with Crippen LogP contribution in [0.3, 0.4) is 0 Å². The molecule has 3 nitrogen and oxygen atoms in total. The molecule has 19 heavy (non-hydrogen) atoms. The molecule has 0 radical (unpaired) electrons. The fourth-order valence-corrected chi connectivity index (χ4v) is 2.75. The molecule has 102 valence electrons. The van der Waals surface area contributed by atoms with Gasteiger partial charge in [-0.2, -0.15) is 0 Å². The van der Waals surface area contributed by atoms with E-state index in [1.54, 1.807) is 11.3 Å². The number of hydrogen-bond donors (Lipinski definition) is 1. The number of aromatic nitrogens is 1. The van der Waals surface area contributed by atoms with Gasteiger partial charge in [-0.15, -0.1) is 11.3 Å². The Bertz CT molecular complexity index is 484. The minimum Gasteiger partial charge on any atom is -0.382 e. The molecule has 0 spiro atoms. The molecule has 1 aromatic carbocycles. The molecule has 2 N–H and O–H groups in total. The van der Waals surface area contributed by atoms with E-state index in [9.17, 15) is 0 Å². The van der Waals surface area contributed by atoms with Crippen LogP contribution in [-0.2, 0) is 11.2 Å². The van der Waals surface area contributed by atoms with Crippen molar-refractivity contribution in [1.82, 2.24) is 4.98 Å². The summed E-state index contributed by atoms with van der Waals surface area (Å²) in [6.07, 6.45) is 1.71. The zero-order valence-electron chi connectivity index (χ0n) is 11.2. The van der Waals surface area contributed by atoms with E-state index in [4.69, 9.17) is 10.5 Å². The molecule has 0 aliphatic rings. The molecule has 2 aromatic rings. The number of nitrogens with zero attached hydrogens (tertiary/aromatic N) is 1. The number of ether oxygens (including phenoxy) is 1. The van der Waals surface area contributed by atoms with E-state index >= 15 is 0 Å². The summed E-state index contributed by atoms with van der Waals surface area (Å²) in [7, 11) is 0. The maximum Gasteiger partial charge on any atom is 0.0948 e. The van der Waals surface area contributed by atoms with Gasteiger partial charge in [-0.3, -0.25) is 0 Å². The van der Waals surface area contributed by atoms with Crippen LogP contribution < -0.4 is 5.73 Å². The topological polar surface area (TPSA) is 48.1 Å². The van der Waals surface area contributed by atoms with Gasteiger partial charge >= 0.3 is 0 Å². The lowest BCUT2D eigenvalue weighted by atomic mass is 10.1. The summed E-state index contributed by atoms with van der Waals surface area (Å²) in [6, 6.07) is 10.4. The molecule has 0 aliphatic carbocycles. The van der Waals surface area contributed by atoms with Gasteiger partial charge in [0.15, 0.2) is 0 Å². The van der Waals surface area contributed by atoms with Crippen molar-refractivity contribution in [3.05, 3.63) is 40.7 Å². The molecule has 1 unspecified atom stereocenters. The highest BCUT2D eigenvalue weighted by atomic mass is 32.1. The first-order valence-corrected chi connectivity index (χ1v) is 7.50.